The molecule has 5 nitrogen and oxygen atoms in total. The molecule has 1 amide bonds. The Labute approximate surface area is 130 Å². The number of rotatable bonds is 1. The highest BCUT2D eigenvalue weighted by Crippen LogP contribution is 2.35. The first kappa shape index (κ1) is 16.3. The van der Waals surface area contributed by atoms with Crippen LogP contribution in [0.2, 0.25) is 0 Å². The number of nitrogens with zero attached hydrogens (tertiary/aromatic N) is 1. The third kappa shape index (κ3) is 3.08. The Balaban J connectivity index is 2.49. The van der Waals surface area contributed by atoms with Crippen molar-refractivity contribution in [1.29, 1.82) is 0 Å². The molecule has 0 radical (unpaired) electrons. The van der Waals surface area contributed by atoms with Gasteiger partial charge in [0.2, 0.25) is 0 Å². The number of carboxylic acid groups (broad SMARTS) is 1. The Bertz CT molecular complexity index is 629. The van der Waals surface area contributed by atoms with E-state index in [2.05, 4.69) is 0 Å². The van der Waals surface area contributed by atoms with Gasteiger partial charge >= 0.3 is 12.1 Å². The monoisotopic (exact) mass is 305 g/mol. The van der Waals surface area contributed by atoms with Crippen molar-refractivity contribution >= 4 is 17.7 Å². The van der Waals surface area contributed by atoms with Gasteiger partial charge in [-0.15, -0.1) is 0 Å². The predicted molar refractivity (Wildman–Crippen MR) is 84.8 cm³/mol. The second-order valence-electron chi connectivity index (χ2n) is 6.73. The lowest BCUT2D eigenvalue weighted by Gasteiger charge is -2.34. The van der Waals surface area contributed by atoms with Gasteiger partial charge in [0.15, 0.2) is 0 Å². The molecule has 0 spiro atoms. The van der Waals surface area contributed by atoms with Crippen LogP contribution in [0.1, 0.15) is 54.2 Å². The molecule has 1 heterocycles. The Hall–Kier alpha value is -2.04. The number of aromatic carboxylic acids is 1. The lowest BCUT2D eigenvalue weighted by Crippen LogP contribution is -2.40. The Kier molecular flexibility index (Phi) is 4.18. The molecule has 0 saturated carbocycles. The molecule has 5 heteroatoms. The molecular formula is C17H23NO4. The third-order valence-electron chi connectivity index (χ3n) is 3.80. The van der Waals surface area contributed by atoms with E-state index in [0.29, 0.717) is 12.1 Å². The van der Waals surface area contributed by atoms with E-state index in [9.17, 15) is 14.7 Å². The molecular weight excluding hydrogens is 282 g/mol. The van der Waals surface area contributed by atoms with Gasteiger partial charge in [-0.05, 0) is 70.2 Å². The van der Waals surface area contributed by atoms with Crippen molar-refractivity contribution in [3.05, 3.63) is 28.3 Å². The number of aryl methyl sites for hydroxylation is 1. The van der Waals surface area contributed by atoms with Crippen LogP contribution in [-0.2, 0) is 11.2 Å². The number of carboxylic acids is 1. The van der Waals surface area contributed by atoms with Crippen molar-refractivity contribution in [1.82, 2.24) is 0 Å². The second kappa shape index (κ2) is 5.63. The van der Waals surface area contributed by atoms with Crippen LogP contribution in [0.5, 0.6) is 0 Å². The molecule has 1 aliphatic rings. The molecule has 1 aromatic rings. The van der Waals surface area contributed by atoms with E-state index in [-0.39, 0.29) is 6.09 Å². The summed E-state index contributed by atoms with van der Waals surface area (Å²) in [5.41, 5.74) is 3.03. The lowest BCUT2D eigenvalue weighted by molar-refractivity contribution is 0.0577. The number of hydrogen-bond donors (Lipinski definition) is 1. The molecule has 0 unspecified atom stereocenters. The molecule has 1 aromatic carbocycles. The summed E-state index contributed by atoms with van der Waals surface area (Å²) in [5, 5.41) is 9.31. The molecule has 120 valence electrons. The standard InChI is InChI=1S/C17H23NO4/c1-10-9-13(15(19)20)11(2)12-7-6-8-18(14(10)12)16(21)22-17(3,4)5/h9H,6-8H2,1-5H3,(H,19,20). The van der Waals surface area contributed by atoms with Gasteiger partial charge in [-0.2, -0.15) is 0 Å². The number of hydrogen-bond acceptors (Lipinski definition) is 3. The number of ether oxygens (including phenoxy) is 1. The first-order valence-electron chi connectivity index (χ1n) is 7.48. The van der Waals surface area contributed by atoms with Crippen molar-refractivity contribution < 1.29 is 19.4 Å². The summed E-state index contributed by atoms with van der Waals surface area (Å²) in [6.45, 7) is 9.74. The van der Waals surface area contributed by atoms with Crippen LogP contribution in [0.25, 0.3) is 0 Å². The van der Waals surface area contributed by atoms with Gasteiger partial charge in [-0.25, -0.2) is 9.59 Å². The van der Waals surface area contributed by atoms with E-state index in [0.717, 1.165) is 35.2 Å². The minimum Gasteiger partial charge on any atom is -0.478 e. The third-order valence-corrected chi connectivity index (χ3v) is 3.80. The fraction of sp³-hybridized carbons (Fsp3) is 0.529. The fourth-order valence-corrected chi connectivity index (χ4v) is 2.90. The average Bonchev–Trinajstić information content (AvgIpc) is 2.39. The predicted octanol–water partition coefficient (Wildman–Crippen LogP) is 3.69. The molecule has 0 fully saturated rings. The molecule has 0 aromatic heterocycles. The van der Waals surface area contributed by atoms with E-state index < -0.39 is 11.6 Å². The molecule has 0 aliphatic carbocycles. The normalized spacial score (nSPS) is 14.5. The summed E-state index contributed by atoms with van der Waals surface area (Å²) in [5.74, 6) is -0.933. The number of fused-ring (bicyclic) bond motifs is 1. The molecule has 1 N–H and O–H groups in total. The van der Waals surface area contributed by atoms with Crippen molar-refractivity contribution in [2.45, 2.75) is 53.1 Å². The maximum Gasteiger partial charge on any atom is 0.414 e. The number of benzene rings is 1. The zero-order valence-electron chi connectivity index (χ0n) is 13.8. The van der Waals surface area contributed by atoms with Crippen LogP contribution >= 0.6 is 0 Å². The highest BCUT2D eigenvalue weighted by Gasteiger charge is 2.30. The molecule has 0 saturated heterocycles. The van der Waals surface area contributed by atoms with Crippen molar-refractivity contribution in [3.63, 3.8) is 0 Å². The second-order valence-corrected chi connectivity index (χ2v) is 6.73. The van der Waals surface area contributed by atoms with Crippen LogP contribution in [0, 0.1) is 13.8 Å². The minimum atomic E-state index is -0.933. The Morgan fingerprint density at radius 3 is 2.45 bits per heavy atom. The maximum absolute atomic E-state index is 12.4. The van der Waals surface area contributed by atoms with E-state index in [1.807, 2.05) is 27.7 Å². The van der Waals surface area contributed by atoms with Gasteiger partial charge < -0.3 is 9.84 Å². The summed E-state index contributed by atoms with van der Waals surface area (Å²) in [6.07, 6.45) is 1.21. The van der Waals surface area contributed by atoms with Gasteiger partial charge in [0.25, 0.3) is 0 Å². The van der Waals surface area contributed by atoms with Gasteiger partial charge in [0, 0.05) is 6.54 Å². The first-order chi connectivity index (χ1) is 10.1. The zero-order chi connectivity index (χ0) is 16.7. The molecule has 1 aliphatic heterocycles. The summed E-state index contributed by atoms with van der Waals surface area (Å²) >= 11 is 0. The van der Waals surface area contributed by atoms with Crippen molar-refractivity contribution in [3.8, 4) is 0 Å². The Morgan fingerprint density at radius 1 is 1.27 bits per heavy atom. The SMILES string of the molecule is Cc1cc(C(=O)O)c(C)c2c1N(C(=O)OC(C)(C)C)CCC2. The van der Waals surface area contributed by atoms with Crippen LogP contribution in [0.4, 0.5) is 10.5 Å². The van der Waals surface area contributed by atoms with E-state index in [1.54, 1.807) is 17.9 Å². The molecule has 22 heavy (non-hydrogen) atoms. The van der Waals surface area contributed by atoms with Gasteiger partial charge in [0.1, 0.15) is 5.60 Å². The molecule has 2 rings (SSSR count). The lowest BCUT2D eigenvalue weighted by atomic mass is 9.90. The highest BCUT2D eigenvalue weighted by atomic mass is 16.6. The van der Waals surface area contributed by atoms with Crippen LogP contribution in [-0.4, -0.2) is 29.3 Å². The number of anilines is 1. The van der Waals surface area contributed by atoms with Crippen molar-refractivity contribution in [2.75, 3.05) is 11.4 Å². The average molecular weight is 305 g/mol. The van der Waals surface area contributed by atoms with E-state index >= 15 is 0 Å². The molecule has 0 atom stereocenters. The van der Waals surface area contributed by atoms with Crippen LogP contribution in [0.15, 0.2) is 6.07 Å². The first-order valence-corrected chi connectivity index (χ1v) is 7.48. The fourth-order valence-electron chi connectivity index (χ4n) is 2.90. The number of carbonyl (C=O) groups excluding carboxylic acids is 1. The summed E-state index contributed by atoms with van der Waals surface area (Å²) in [7, 11) is 0. The van der Waals surface area contributed by atoms with E-state index in [4.69, 9.17) is 4.74 Å². The van der Waals surface area contributed by atoms with E-state index in [1.165, 1.54) is 0 Å². The van der Waals surface area contributed by atoms with Crippen LogP contribution < -0.4 is 4.90 Å². The number of carbonyl (C=O) groups is 2. The number of amides is 1. The minimum absolute atomic E-state index is 0.308. The highest BCUT2D eigenvalue weighted by molar-refractivity contribution is 5.95. The van der Waals surface area contributed by atoms with Gasteiger partial charge in [-0.3, -0.25) is 4.90 Å². The van der Waals surface area contributed by atoms with Gasteiger partial charge in [-0.1, -0.05) is 0 Å². The smallest absolute Gasteiger partial charge is 0.414 e. The van der Waals surface area contributed by atoms with Crippen molar-refractivity contribution in [2.24, 2.45) is 0 Å². The zero-order valence-corrected chi connectivity index (χ0v) is 13.8. The Morgan fingerprint density at radius 2 is 1.91 bits per heavy atom. The molecule has 0 bridgehead atoms. The summed E-state index contributed by atoms with van der Waals surface area (Å²) in [4.78, 5) is 25.4. The van der Waals surface area contributed by atoms with Gasteiger partial charge in [0.05, 0.1) is 11.3 Å². The maximum atomic E-state index is 12.4. The van der Waals surface area contributed by atoms with Crippen LogP contribution in [0.3, 0.4) is 0 Å². The summed E-state index contributed by atoms with van der Waals surface area (Å²) < 4.78 is 5.48. The topological polar surface area (TPSA) is 66.8 Å². The quantitative estimate of drug-likeness (QED) is 0.859. The summed E-state index contributed by atoms with van der Waals surface area (Å²) in [6, 6.07) is 1.64. The largest absolute Gasteiger partial charge is 0.478 e.